The summed E-state index contributed by atoms with van der Waals surface area (Å²) in [6.07, 6.45) is 5.30. The Balaban J connectivity index is 0.000000677. The highest BCUT2D eigenvalue weighted by Gasteiger charge is 2.18. The molecule has 2 rings (SSSR count). The van der Waals surface area contributed by atoms with Gasteiger partial charge in [0.1, 0.15) is 6.10 Å². The van der Waals surface area contributed by atoms with Crippen LogP contribution in [0.1, 0.15) is 52.8 Å². The number of carboxylic acid groups (broad SMARTS) is 1. The SMILES string of the molecule is COC.O=C(O)c1ccc(C(=O)OC2CCCCC2)cc1. The van der Waals surface area contributed by atoms with E-state index in [-0.39, 0.29) is 17.6 Å². The summed E-state index contributed by atoms with van der Waals surface area (Å²) < 4.78 is 9.64. The molecule has 1 saturated carbocycles. The first-order valence-corrected chi connectivity index (χ1v) is 7.03. The van der Waals surface area contributed by atoms with Gasteiger partial charge in [-0.3, -0.25) is 0 Å². The third-order valence-corrected chi connectivity index (χ3v) is 3.19. The van der Waals surface area contributed by atoms with Gasteiger partial charge in [0.25, 0.3) is 0 Å². The van der Waals surface area contributed by atoms with E-state index in [2.05, 4.69) is 4.74 Å². The number of esters is 1. The van der Waals surface area contributed by atoms with Crippen LogP contribution in [0, 0.1) is 0 Å². The van der Waals surface area contributed by atoms with Crippen molar-refractivity contribution in [2.45, 2.75) is 38.2 Å². The molecule has 1 aromatic carbocycles. The fraction of sp³-hybridized carbons (Fsp3) is 0.500. The van der Waals surface area contributed by atoms with Crippen molar-refractivity contribution >= 4 is 11.9 Å². The van der Waals surface area contributed by atoms with Crippen LogP contribution in [0.3, 0.4) is 0 Å². The lowest BCUT2D eigenvalue weighted by Crippen LogP contribution is -2.20. The van der Waals surface area contributed by atoms with Crippen LogP contribution in [-0.4, -0.2) is 37.4 Å². The summed E-state index contributed by atoms with van der Waals surface area (Å²) in [7, 11) is 3.25. The van der Waals surface area contributed by atoms with E-state index in [9.17, 15) is 9.59 Å². The Kier molecular flexibility index (Phi) is 7.46. The molecule has 0 saturated heterocycles. The number of hydrogen-bond acceptors (Lipinski definition) is 4. The Labute approximate surface area is 124 Å². The minimum atomic E-state index is -0.998. The van der Waals surface area contributed by atoms with Gasteiger partial charge in [0, 0.05) is 14.2 Å². The van der Waals surface area contributed by atoms with Gasteiger partial charge in [0.2, 0.25) is 0 Å². The third kappa shape index (κ3) is 5.95. The maximum atomic E-state index is 11.8. The summed E-state index contributed by atoms with van der Waals surface area (Å²) in [5.74, 6) is -1.36. The van der Waals surface area contributed by atoms with Crippen molar-refractivity contribution in [3.8, 4) is 0 Å². The third-order valence-electron chi connectivity index (χ3n) is 3.19. The van der Waals surface area contributed by atoms with E-state index in [0.29, 0.717) is 5.56 Å². The molecule has 1 fully saturated rings. The van der Waals surface area contributed by atoms with Crippen LogP contribution in [0.2, 0.25) is 0 Å². The molecular formula is C16H22O5. The topological polar surface area (TPSA) is 72.8 Å². The maximum absolute atomic E-state index is 11.8. The molecule has 0 heterocycles. The van der Waals surface area contributed by atoms with Crippen molar-refractivity contribution in [2.24, 2.45) is 0 Å². The van der Waals surface area contributed by atoms with Gasteiger partial charge in [-0.2, -0.15) is 0 Å². The molecule has 21 heavy (non-hydrogen) atoms. The molecule has 0 unspecified atom stereocenters. The minimum Gasteiger partial charge on any atom is -0.478 e. The fourth-order valence-corrected chi connectivity index (χ4v) is 2.15. The van der Waals surface area contributed by atoms with Gasteiger partial charge in [0.15, 0.2) is 0 Å². The van der Waals surface area contributed by atoms with Crippen LogP contribution in [0.5, 0.6) is 0 Å². The van der Waals surface area contributed by atoms with Crippen molar-refractivity contribution < 1.29 is 24.2 Å². The van der Waals surface area contributed by atoms with Gasteiger partial charge in [-0.25, -0.2) is 9.59 Å². The van der Waals surface area contributed by atoms with Crippen LogP contribution in [0.4, 0.5) is 0 Å². The quantitative estimate of drug-likeness (QED) is 0.867. The molecule has 0 spiro atoms. The van der Waals surface area contributed by atoms with E-state index in [4.69, 9.17) is 9.84 Å². The van der Waals surface area contributed by atoms with Crippen molar-refractivity contribution in [1.82, 2.24) is 0 Å². The molecule has 1 N–H and O–H groups in total. The van der Waals surface area contributed by atoms with E-state index < -0.39 is 5.97 Å². The molecule has 0 bridgehead atoms. The van der Waals surface area contributed by atoms with Crippen LogP contribution in [-0.2, 0) is 9.47 Å². The van der Waals surface area contributed by atoms with E-state index in [1.54, 1.807) is 14.2 Å². The second-order valence-corrected chi connectivity index (χ2v) is 4.96. The average molecular weight is 294 g/mol. The average Bonchev–Trinajstić information content (AvgIpc) is 2.49. The summed E-state index contributed by atoms with van der Waals surface area (Å²) >= 11 is 0. The standard InChI is InChI=1S/C14H16O4.C2H6O/c15-13(16)10-6-8-11(9-7-10)14(17)18-12-4-2-1-3-5-12;1-3-2/h6-9,12H,1-5H2,(H,15,16);1-2H3. The van der Waals surface area contributed by atoms with E-state index in [0.717, 1.165) is 25.7 Å². The van der Waals surface area contributed by atoms with Gasteiger partial charge < -0.3 is 14.6 Å². The lowest BCUT2D eigenvalue weighted by Gasteiger charge is -2.21. The normalized spacial score (nSPS) is 14.8. The largest absolute Gasteiger partial charge is 0.478 e. The van der Waals surface area contributed by atoms with E-state index in [1.807, 2.05) is 0 Å². The van der Waals surface area contributed by atoms with E-state index >= 15 is 0 Å². The smallest absolute Gasteiger partial charge is 0.338 e. The van der Waals surface area contributed by atoms with Crippen LogP contribution < -0.4 is 0 Å². The number of aromatic carboxylic acids is 1. The van der Waals surface area contributed by atoms with E-state index in [1.165, 1.54) is 30.7 Å². The monoisotopic (exact) mass is 294 g/mol. The lowest BCUT2D eigenvalue weighted by molar-refractivity contribution is 0.0210. The van der Waals surface area contributed by atoms with Crippen molar-refractivity contribution in [1.29, 1.82) is 0 Å². The molecule has 0 aromatic heterocycles. The van der Waals surface area contributed by atoms with Crippen LogP contribution in [0.15, 0.2) is 24.3 Å². The van der Waals surface area contributed by atoms with Gasteiger partial charge in [-0.05, 0) is 49.9 Å². The zero-order chi connectivity index (χ0) is 15.7. The van der Waals surface area contributed by atoms with Gasteiger partial charge in [0.05, 0.1) is 11.1 Å². The number of methoxy groups -OCH3 is 1. The minimum absolute atomic E-state index is 0.0189. The molecule has 1 aliphatic carbocycles. The summed E-state index contributed by atoms with van der Waals surface area (Å²) in [4.78, 5) is 22.5. The van der Waals surface area contributed by atoms with Crippen molar-refractivity contribution in [3.05, 3.63) is 35.4 Å². The number of carbonyl (C=O) groups excluding carboxylic acids is 1. The van der Waals surface area contributed by atoms with Gasteiger partial charge >= 0.3 is 11.9 Å². The molecule has 0 atom stereocenters. The maximum Gasteiger partial charge on any atom is 0.338 e. The Morgan fingerprint density at radius 2 is 1.48 bits per heavy atom. The highest BCUT2D eigenvalue weighted by atomic mass is 16.5. The molecular weight excluding hydrogens is 272 g/mol. The first-order chi connectivity index (χ1) is 10.1. The van der Waals surface area contributed by atoms with Crippen LogP contribution in [0.25, 0.3) is 0 Å². The number of hydrogen-bond donors (Lipinski definition) is 1. The highest BCUT2D eigenvalue weighted by Crippen LogP contribution is 2.21. The molecule has 116 valence electrons. The zero-order valence-electron chi connectivity index (χ0n) is 12.5. The van der Waals surface area contributed by atoms with Gasteiger partial charge in [-0.15, -0.1) is 0 Å². The molecule has 0 radical (unpaired) electrons. The number of carbonyl (C=O) groups is 2. The molecule has 5 nitrogen and oxygen atoms in total. The summed E-state index contributed by atoms with van der Waals surface area (Å²) in [6.45, 7) is 0. The zero-order valence-corrected chi connectivity index (χ0v) is 12.5. The van der Waals surface area contributed by atoms with Crippen LogP contribution >= 0.6 is 0 Å². The first-order valence-electron chi connectivity index (χ1n) is 7.03. The highest BCUT2D eigenvalue weighted by molar-refractivity contribution is 5.92. The first kappa shape index (κ1) is 17.2. The Morgan fingerprint density at radius 3 is 1.95 bits per heavy atom. The summed E-state index contributed by atoms with van der Waals surface area (Å²) in [5, 5.41) is 8.76. The molecule has 0 amide bonds. The fourth-order valence-electron chi connectivity index (χ4n) is 2.15. The molecule has 1 aliphatic rings. The Hall–Kier alpha value is -1.88. The second-order valence-electron chi connectivity index (χ2n) is 4.96. The van der Waals surface area contributed by atoms with Gasteiger partial charge in [-0.1, -0.05) is 6.42 Å². The molecule has 0 aliphatic heterocycles. The number of carboxylic acids is 1. The Bertz CT molecular complexity index is 446. The lowest BCUT2D eigenvalue weighted by atomic mass is 9.98. The predicted octanol–water partition coefficient (Wildman–Crippen LogP) is 3.14. The number of rotatable bonds is 3. The number of benzene rings is 1. The van der Waals surface area contributed by atoms with Crippen molar-refractivity contribution in [2.75, 3.05) is 14.2 Å². The molecule has 1 aromatic rings. The summed E-state index contributed by atoms with van der Waals surface area (Å²) in [6, 6.07) is 5.82. The molecule has 5 heteroatoms. The summed E-state index contributed by atoms with van der Waals surface area (Å²) in [5.41, 5.74) is 0.579. The Morgan fingerprint density at radius 1 is 1.00 bits per heavy atom. The second kappa shape index (κ2) is 9.13. The predicted molar refractivity (Wildman–Crippen MR) is 78.6 cm³/mol. The number of ether oxygens (including phenoxy) is 2. The van der Waals surface area contributed by atoms with Crippen molar-refractivity contribution in [3.63, 3.8) is 0 Å².